The van der Waals surface area contributed by atoms with Gasteiger partial charge in [-0.05, 0) is 72.6 Å². The van der Waals surface area contributed by atoms with E-state index in [0.717, 1.165) is 0 Å². The number of terminal acetylenes is 1. The summed E-state index contributed by atoms with van der Waals surface area (Å²) in [7, 11) is 0. The number of hydrogen-bond donors (Lipinski definition) is 3. The second kappa shape index (κ2) is 12.4. The molecule has 1 aromatic carbocycles. The molecule has 0 bridgehead atoms. The van der Waals surface area contributed by atoms with E-state index in [1.807, 2.05) is 34.6 Å². The molecule has 9 heteroatoms. The van der Waals surface area contributed by atoms with Crippen LogP contribution < -0.4 is 16.4 Å². The summed E-state index contributed by atoms with van der Waals surface area (Å²) >= 11 is 0. The number of hydrogen-bond acceptors (Lipinski definition) is 5. The largest absolute Gasteiger partial charge is 0.444 e. The van der Waals surface area contributed by atoms with E-state index in [2.05, 4.69) is 16.6 Å². The molecule has 1 aromatic rings. The number of nitrogens with zero attached hydrogens (tertiary/aromatic N) is 1. The maximum Gasteiger partial charge on any atom is 0.408 e. The van der Waals surface area contributed by atoms with E-state index in [-0.39, 0.29) is 6.04 Å². The van der Waals surface area contributed by atoms with Gasteiger partial charge in [0.05, 0.1) is 6.42 Å². The first-order valence-electron chi connectivity index (χ1n) is 12.0. The maximum absolute atomic E-state index is 14.0. The molecule has 0 fully saturated rings. The third-order valence-corrected chi connectivity index (χ3v) is 5.48. The Bertz CT molecular complexity index is 987. The van der Waals surface area contributed by atoms with Gasteiger partial charge in [-0.25, -0.2) is 4.79 Å². The summed E-state index contributed by atoms with van der Waals surface area (Å²) in [5, 5.41) is 5.35. The predicted molar refractivity (Wildman–Crippen MR) is 139 cm³/mol. The van der Waals surface area contributed by atoms with Crippen LogP contribution in [0.2, 0.25) is 0 Å². The molecular weight excluding hydrogens is 460 g/mol. The Morgan fingerprint density at radius 2 is 1.61 bits per heavy atom. The normalized spacial score (nSPS) is 13.2. The summed E-state index contributed by atoms with van der Waals surface area (Å²) in [5.74, 6) is 0.687. The molecule has 1 rings (SSSR count). The molecule has 0 heterocycles. The Morgan fingerprint density at radius 3 is 2.03 bits per heavy atom. The summed E-state index contributed by atoms with van der Waals surface area (Å²) in [5.41, 5.74) is 4.88. The number of amides is 4. The minimum absolute atomic E-state index is 0.201. The van der Waals surface area contributed by atoms with Gasteiger partial charge >= 0.3 is 6.09 Å². The SMILES string of the molecule is C#Cc1ccc(C(C(=O)NC(C)C)N(C(=O)C(CC(N)=O)NC(=O)OC(C)(C)C)C(C)(C)CC)cc1. The number of alkyl carbamates (subject to hydrolysis) is 1. The Morgan fingerprint density at radius 1 is 1.06 bits per heavy atom. The molecule has 36 heavy (non-hydrogen) atoms. The first-order chi connectivity index (χ1) is 16.5. The summed E-state index contributed by atoms with van der Waals surface area (Å²) in [6.07, 6.45) is 4.62. The highest BCUT2D eigenvalue weighted by molar-refractivity contribution is 5.95. The highest BCUT2D eigenvalue weighted by atomic mass is 16.6. The lowest BCUT2D eigenvalue weighted by molar-refractivity contribution is -0.150. The second-order valence-electron chi connectivity index (χ2n) is 10.6. The van der Waals surface area contributed by atoms with Gasteiger partial charge in [-0.2, -0.15) is 0 Å². The number of carbonyl (C=O) groups is 4. The van der Waals surface area contributed by atoms with Crippen LogP contribution in [0.5, 0.6) is 0 Å². The number of nitrogens with two attached hydrogens (primary N) is 1. The van der Waals surface area contributed by atoms with E-state index in [4.69, 9.17) is 16.9 Å². The lowest BCUT2D eigenvalue weighted by Crippen LogP contribution is -2.60. The highest BCUT2D eigenvalue weighted by Gasteiger charge is 2.43. The Labute approximate surface area is 214 Å². The van der Waals surface area contributed by atoms with Crippen LogP contribution in [0.3, 0.4) is 0 Å². The van der Waals surface area contributed by atoms with E-state index in [1.165, 1.54) is 4.90 Å². The fourth-order valence-corrected chi connectivity index (χ4v) is 3.51. The molecule has 0 aromatic heterocycles. The van der Waals surface area contributed by atoms with Gasteiger partial charge in [-0.1, -0.05) is 25.0 Å². The van der Waals surface area contributed by atoms with Crippen molar-refractivity contribution in [2.45, 2.75) is 97.5 Å². The fraction of sp³-hybridized carbons (Fsp3) is 0.556. The van der Waals surface area contributed by atoms with Crippen molar-refractivity contribution in [2.24, 2.45) is 5.73 Å². The molecule has 0 spiro atoms. The van der Waals surface area contributed by atoms with Crippen LogP contribution in [0.4, 0.5) is 4.79 Å². The second-order valence-corrected chi connectivity index (χ2v) is 10.6. The molecule has 0 aliphatic carbocycles. The van der Waals surface area contributed by atoms with Gasteiger partial charge in [0.15, 0.2) is 0 Å². The van der Waals surface area contributed by atoms with Crippen LogP contribution in [0.1, 0.15) is 85.4 Å². The summed E-state index contributed by atoms with van der Waals surface area (Å²) in [4.78, 5) is 53.4. The first kappa shape index (κ1) is 30.5. The van der Waals surface area contributed by atoms with Gasteiger partial charge in [0, 0.05) is 17.1 Å². The number of ether oxygens (including phenoxy) is 1. The van der Waals surface area contributed by atoms with Crippen LogP contribution in [0.15, 0.2) is 24.3 Å². The number of nitrogens with one attached hydrogen (secondary N) is 2. The number of benzene rings is 1. The van der Waals surface area contributed by atoms with Crippen LogP contribution in [-0.4, -0.2) is 51.9 Å². The molecule has 0 aliphatic rings. The van der Waals surface area contributed by atoms with Crippen molar-refractivity contribution in [3.63, 3.8) is 0 Å². The molecule has 198 valence electrons. The molecule has 0 saturated heterocycles. The molecule has 0 saturated carbocycles. The zero-order valence-electron chi connectivity index (χ0n) is 22.6. The standard InChI is InChI=1S/C27H40N4O5/c1-10-18-12-14-19(15-13-18)22(23(33)29-17(3)4)31(27(8,9)11-2)24(34)20(16-21(28)32)30-25(35)36-26(5,6)7/h1,12-15,17,20,22H,11,16H2,2-9H3,(H2,28,32)(H,29,33)(H,30,35). The van der Waals surface area contributed by atoms with Crippen LogP contribution >= 0.6 is 0 Å². The summed E-state index contributed by atoms with van der Waals surface area (Å²) < 4.78 is 5.29. The van der Waals surface area contributed by atoms with Crippen molar-refractivity contribution >= 4 is 23.8 Å². The molecule has 4 amide bonds. The van der Waals surface area contributed by atoms with Crippen molar-refractivity contribution in [1.29, 1.82) is 0 Å². The van der Waals surface area contributed by atoms with E-state index in [9.17, 15) is 19.2 Å². The van der Waals surface area contributed by atoms with Gasteiger partial charge in [0.25, 0.3) is 0 Å². The number of carbonyl (C=O) groups excluding carboxylic acids is 4. The van der Waals surface area contributed by atoms with E-state index in [1.54, 1.807) is 45.0 Å². The molecule has 9 nitrogen and oxygen atoms in total. The average Bonchev–Trinajstić information content (AvgIpc) is 2.74. The molecular formula is C27H40N4O5. The molecule has 0 aliphatic heterocycles. The van der Waals surface area contributed by atoms with E-state index >= 15 is 0 Å². The Hall–Kier alpha value is -3.54. The number of rotatable bonds is 10. The predicted octanol–water partition coefficient (Wildman–Crippen LogP) is 3.02. The summed E-state index contributed by atoms with van der Waals surface area (Å²) in [6, 6.07) is 4.14. The third-order valence-electron chi connectivity index (χ3n) is 5.48. The van der Waals surface area contributed by atoms with E-state index in [0.29, 0.717) is 17.5 Å². The summed E-state index contributed by atoms with van der Waals surface area (Å²) in [6.45, 7) is 14.2. The monoisotopic (exact) mass is 500 g/mol. The van der Waals surface area contributed by atoms with E-state index < -0.39 is 53.5 Å². The quantitative estimate of drug-likeness (QED) is 0.425. The Balaban J connectivity index is 3.66. The van der Waals surface area contributed by atoms with Gasteiger partial charge in [-0.15, -0.1) is 6.42 Å². The molecule has 4 N–H and O–H groups in total. The smallest absolute Gasteiger partial charge is 0.408 e. The first-order valence-corrected chi connectivity index (χ1v) is 12.0. The zero-order valence-corrected chi connectivity index (χ0v) is 22.6. The molecule has 2 unspecified atom stereocenters. The Kier molecular flexibility index (Phi) is 10.5. The van der Waals surface area contributed by atoms with Crippen molar-refractivity contribution in [2.75, 3.05) is 0 Å². The van der Waals surface area contributed by atoms with Crippen molar-refractivity contribution < 1.29 is 23.9 Å². The minimum atomic E-state index is -1.34. The average molecular weight is 501 g/mol. The van der Waals surface area contributed by atoms with Crippen LogP contribution in [-0.2, 0) is 19.1 Å². The topological polar surface area (TPSA) is 131 Å². The lowest BCUT2D eigenvalue weighted by Gasteiger charge is -2.44. The zero-order chi connectivity index (χ0) is 27.8. The van der Waals surface area contributed by atoms with Gasteiger partial charge in [-0.3, -0.25) is 14.4 Å². The third kappa shape index (κ3) is 8.91. The highest BCUT2D eigenvalue weighted by Crippen LogP contribution is 2.32. The van der Waals surface area contributed by atoms with Crippen LogP contribution in [0, 0.1) is 12.3 Å². The van der Waals surface area contributed by atoms with Gasteiger partial charge in [0.1, 0.15) is 17.7 Å². The van der Waals surface area contributed by atoms with Crippen molar-refractivity contribution in [3.8, 4) is 12.3 Å². The maximum atomic E-state index is 14.0. The molecule has 0 radical (unpaired) electrons. The van der Waals surface area contributed by atoms with Crippen LogP contribution in [0.25, 0.3) is 0 Å². The van der Waals surface area contributed by atoms with Crippen molar-refractivity contribution in [1.82, 2.24) is 15.5 Å². The van der Waals surface area contributed by atoms with Crippen molar-refractivity contribution in [3.05, 3.63) is 35.4 Å². The van der Waals surface area contributed by atoms with Gasteiger partial charge < -0.3 is 26.0 Å². The molecule has 2 atom stereocenters. The number of primary amides is 1. The van der Waals surface area contributed by atoms with Gasteiger partial charge in [0.2, 0.25) is 17.7 Å². The fourth-order valence-electron chi connectivity index (χ4n) is 3.51. The minimum Gasteiger partial charge on any atom is -0.444 e. The lowest BCUT2D eigenvalue weighted by atomic mass is 9.91.